The second-order valence-electron chi connectivity index (χ2n) is 5.59. The topological polar surface area (TPSA) is 38.1 Å². The van der Waals surface area contributed by atoms with Crippen molar-refractivity contribution in [1.29, 1.82) is 0 Å². The van der Waals surface area contributed by atoms with E-state index in [2.05, 4.69) is 5.10 Å². The first-order valence-corrected chi connectivity index (χ1v) is 7.09. The molecule has 1 atom stereocenters. The van der Waals surface area contributed by atoms with E-state index < -0.39 is 0 Å². The van der Waals surface area contributed by atoms with Crippen molar-refractivity contribution in [2.45, 2.75) is 19.3 Å². The Balaban J connectivity index is 1.73. The van der Waals surface area contributed by atoms with E-state index in [1.807, 2.05) is 31.0 Å². The number of rotatable bonds is 2. The van der Waals surface area contributed by atoms with Crippen LogP contribution in [-0.2, 0) is 7.05 Å². The number of hydrogen-bond acceptors (Lipinski definition) is 2. The molecule has 5 heteroatoms. The maximum Gasteiger partial charge on any atom is 0.257 e. The van der Waals surface area contributed by atoms with Gasteiger partial charge in [0, 0.05) is 32.3 Å². The first kappa shape index (κ1) is 13.8. The standard InChI is InChI=1S/C16H18FN3O/c1-11-15(10-19(2)18-11)16(21)20-8-7-13(9-20)12-3-5-14(17)6-4-12/h3-6,10,13H,7-9H2,1-2H3. The first-order chi connectivity index (χ1) is 10.0. The van der Waals surface area contributed by atoms with E-state index >= 15 is 0 Å². The lowest BCUT2D eigenvalue weighted by molar-refractivity contribution is 0.0790. The third kappa shape index (κ3) is 2.68. The fourth-order valence-corrected chi connectivity index (χ4v) is 2.93. The van der Waals surface area contributed by atoms with Crippen LogP contribution in [0.25, 0.3) is 0 Å². The summed E-state index contributed by atoms with van der Waals surface area (Å²) < 4.78 is 14.6. The van der Waals surface area contributed by atoms with Crippen molar-refractivity contribution in [2.24, 2.45) is 7.05 Å². The van der Waals surface area contributed by atoms with Crippen molar-refractivity contribution in [3.05, 3.63) is 53.1 Å². The molecule has 110 valence electrons. The van der Waals surface area contributed by atoms with Crippen LogP contribution >= 0.6 is 0 Å². The Hall–Kier alpha value is -2.17. The van der Waals surface area contributed by atoms with Crippen molar-refractivity contribution >= 4 is 5.91 Å². The Morgan fingerprint density at radius 3 is 2.67 bits per heavy atom. The van der Waals surface area contributed by atoms with Gasteiger partial charge in [0.05, 0.1) is 11.3 Å². The summed E-state index contributed by atoms with van der Waals surface area (Å²) in [6.07, 6.45) is 2.68. The Kier molecular flexibility index (Phi) is 3.49. The fraction of sp³-hybridized carbons (Fsp3) is 0.375. The molecule has 1 aromatic heterocycles. The molecule has 1 amide bonds. The van der Waals surface area contributed by atoms with E-state index in [1.54, 1.807) is 10.9 Å². The number of carbonyl (C=O) groups excluding carboxylic acids is 1. The van der Waals surface area contributed by atoms with Gasteiger partial charge in [0.1, 0.15) is 5.82 Å². The van der Waals surface area contributed by atoms with Crippen molar-refractivity contribution in [3.63, 3.8) is 0 Å². The number of benzene rings is 1. The number of aromatic nitrogens is 2. The molecular formula is C16H18FN3O. The molecule has 1 saturated heterocycles. The van der Waals surface area contributed by atoms with Crippen molar-refractivity contribution in [3.8, 4) is 0 Å². The molecule has 3 rings (SSSR count). The largest absolute Gasteiger partial charge is 0.338 e. The van der Waals surface area contributed by atoms with Crippen LogP contribution in [0.2, 0.25) is 0 Å². The smallest absolute Gasteiger partial charge is 0.257 e. The van der Waals surface area contributed by atoms with Gasteiger partial charge < -0.3 is 4.90 Å². The minimum absolute atomic E-state index is 0.0326. The third-order valence-electron chi connectivity index (χ3n) is 4.06. The molecule has 2 aromatic rings. The number of hydrogen-bond donors (Lipinski definition) is 0. The molecule has 1 unspecified atom stereocenters. The Labute approximate surface area is 123 Å². The summed E-state index contributed by atoms with van der Waals surface area (Å²) in [5.41, 5.74) is 2.51. The van der Waals surface area contributed by atoms with E-state index in [1.165, 1.54) is 12.1 Å². The maximum atomic E-state index is 13.0. The van der Waals surface area contributed by atoms with Gasteiger partial charge in [-0.1, -0.05) is 12.1 Å². The summed E-state index contributed by atoms with van der Waals surface area (Å²) in [4.78, 5) is 14.4. The van der Waals surface area contributed by atoms with E-state index in [9.17, 15) is 9.18 Å². The van der Waals surface area contributed by atoms with Crippen LogP contribution in [0.5, 0.6) is 0 Å². The maximum absolute atomic E-state index is 13.0. The van der Waals surface area contributed by atoms with Crippen molar-refractivity contribution in [1.82, 2.24) is 14.7 Å². The quantitative estimate of drug-likeness (QED) is 0.851. The Morgan fingerprint density at radius 2 is 2.05 bits per heavy atom. The van der Waals surface area contributed by atoms with Crippen molar-refractivity contribution < 1.29 is 9.18 Å². The molecule has 0 aliphatic carbocycles. The predicted octanol–water partition coefficient (Wildman–Crippen LogP) is 2.50. The normalized spacial score (nSPS) is 18.2. The molecular weight excluding hydrogens is 269 g/mol. The lowest BCUT2D eigenvalue weighted by Crippen LogP contribution is -2.28. The van der Waals surface area contributed by atoms with Gasteiger partial charge in [0.2, 0.25) is 0 Å². The predicted molar refractivity (Wildman–Crippen MR) is 77.6 cm³/mol. The molecule has 2 heterocycles. The number of likely N-dealkylation sites (tertiary alicyclic amines) is 1. The SMILES string of the molecule is Cc1nn(C)cc1C(=O)N1CCC(c2ccc(F)cc2)C1. The summed E-state index contributed by atoms with van der Waals surface area (Å²) in [5, 5.41) is 4.22. The zero-order valence-electron chi connectivity index (χ0n) is 12.2. The average Bonchev–Trinajstić information content (AvgIpc) is 3.06. The van der Waals surface area contributed by atoms with Crippen LogP contribution in [0.3, 0.4) is 0 Å². The third-order valence-corrected chi connectivity index (χ3v) is 4.06. The summed E-state index contributed by atoms with van der Waals surface area (Å²) in [6.45, 7) is 3.26. The molecule has 0 spiro atoms. The average molecular weight is 287 g/mol. The van der Waals surface area contributed by atoms with Crippen LogP contribution in [0.4, 0.5) is 4.39 Å². The molecule has 1 fully saturated rings. The highest BCUT2D eigenvalue weighted by atomic mass is 19.1. The molecule has 0 bridgehead atoms. The van der Waals surface area contributed by atoms with Crippen LogP contribution in [0, 0.1) is 12.7 Å². The summed E-state index contributed by atoms with van der Waals surface area (Å²) in [5.74, 6) is 0.0902. The highest BCUT2D eigenvalue weighted by Crippen LogP contribution is 2.28. The minimum atomic E-state index is -0.226. The van der Waals surface area contributed by atoms with Crippen LogP contribution in [0.15, 0.2) is 30.5 Å². The number of halogens is 1. The van der Waals surface area contributed by atoms with Crippen molar-refractivity contribution in [2.75, 3.05) is 13.1 Å². The van der Waals surface area contributed by atoms with Gasteiger partial charge in [-0.2, -0.15) is 5.10 Å². The Bertz CT molecular complexity index is 663. The lowest BCUT2D eigenvalue weighted by Gasteiger charge is -2.16. The highest BCUT2D eigenvalue weighted by Gasteiger charge is 2.29. The second kappa shape index (κ2) is 5.31. The fourth-order valence-electron chi connectivity index (χ4n) is 2.93. The summed E-state index contributed by atoms with van der Waals surface area (Å²) >= 11 is 0. The van der Waals surface area contributed by atoms with Gasteiger partial charge in [0.25, 0.3) is 5.91 Å². The molecule has 21 heavy (non-hydrogen) atoms. The molecule has 4 nitrogen and oxygen atoms in total. The number of carbonyl (C=O) groups is 1. The second-order valence-corrected chi connectivity index (χ2v) is 5.59. The number of aryl methyl sites for hydroxylation is 2. The van der Waals surface area contributed by atoms with Crippen LogP contribution in [0.1, 0.15) is 34.0 Å². The van der Waals surface area contributed by atoms with E-state index in [0.717, 1.165) is 24.2 Å². The zero-order chi connectivity index (χ0) is 15.0. The van der Waals surface area contributed by atoms with Gasteiger partial charge in [0.15, 0.2) is 0 Å². The lowest BCUT2D eigenvalue weighted by atomic mass is 9.99. The molecule has 1 aliphatic heterocycles. The Morgan fingerprint density at radius 1 is 1.33 bits per heavy atom. The van der Waals surface area contributed by atoms with Crippen LogP contribution < -0.4 is 0 Å². The van der Waals surface area contributed by atoms with Gasteiger partial charge >= 0.3 is 0 Å². The van der Waals surface area contributed by atoms with E-state index in [0.29, 0.717) is 12.1 Å². The molecule has 1 aromatic carbocycles. The van der Waals surface area contributed by atoms with Gasteiger partial charge in [-0.15, -0.1) is 0 Å². The number of nitrogens with zero attached hydrogens (tertiary/aromatic N) is 3. The van der Waals surface area contributed by atoms with Crippen LogP contribution in [-0.4, -0.2) is 33.7 Å². The summed E-state index contributed by atoms with van der Waals surface area (Å²) in [7, 11) is 1.81. The van der Waals surface area contributed by atoms with E-state index in [-0.39, 0.29) is 17.6 Å². The minimum Gasteiger partial charge on any atom is -0.338 e. The highest BCUT2D eigenvalue weighted by molar-refractivity contribution is 5.95. The van der Waals surface area contributed by atoms with Gasteiger partial charge in [-0.25, -0.2) is 4.39 Å². The molecule has 0 N–H and O–H groups in total. The van der Waals surface area contributed by atoms with Gasteiger partial charge in [-0.3, -0.25) is 9.48 Å². The van der Waals surface area contributed by atoms with E-state index in [4.69, 9.17) is 0 Å². The first-order valence-electron chi connectivity index (χ1n) is 7.09. The van der Waals surface area contributed by atoms with Gasteiger partial charge in [-0.05, 0) is 31.0 Å². The number of amides is 1. The summed E-state index contributed by atoms with van der Waals surface area (Å²) in [6, 6.07) is 6.57. The molecule has 1 aliphatic rings. The molecule has 0 saturated carbocycles. The monoisotopic (exact) mass is 287 g/mol. The zero-order valence-corrected chi connectivity index (χ0v) is 12.2. The molecule has 0 radical (unpaired) electrons.